The summed E-state index contributed by atoms with van der Waals surface area (Å²) >= 11 is 0. The van der Waals surface area contributed by atoms with Crippen LogP contribution in [0.5, 0.6) is 0 Å². The molecule has 2 aromatic heterocycles. The van der Waals surface area contributed by atoms with Crippen molar-refractivity contribution in [3.63, 3.8) is 0 Å². The summed E-state index contributed by atoms with van der Waals surface area (Å²) in [6.45, 7) is 4.54. The Labute approximate surface area is 292 Å². The van der Waals surface area contributed by atoms with Crippen molar-refractivity contribution in [2.75, 3.05) is 45.1 Å². The number of aliphatic hydroxyl groups is 2. The predicted molar refractivity (Wildman–Crippen MR) is 190 cm³/mol. The standard InChI is InChI=1S/C39H45FN6O4/c40-37-32(3-2-14-42-37)33-20-29(21-43-38(33)41)39(49)44-34-4-1-5-36(34)50-24-25-6-8-26(9-7-25)27-10-12-31-28(19-27)11-13-35(31)46-17-15-45(16-18-46)22-30(48)23-47/h2-3,6-10,12,14,19-21,30,34-36,47-48H,1,4-5,11,13,15-18,22-24H2,(H2,41,43)(H,44,49)/t30-,34+,35+,36+/m1/s1. The van der Waals surface area contributed by atoms with Gasteiger partial charge in [-0.2, -0.15) is 4.39 Å². The highest BCUT2D eigenvalue weighted by atomic mass is 19.1. The first-order valence-corrected chi connectivity index (χ1v) is 17.6. The zero-order chi connectivity index (χ0) is 34.6. The van der Waals surface area contributed by atoms with E-state index >= 15 is 0 Å². The Balaban J connectivity index is 0.927. The molecule has 4 atom stereocenters. The van der Waals surface area contributed by atoms with E-state index in [1.165, 1.54) is 34.6 Å². The lowest BCUT2D eigenvalue weighted by Gasteiger charge is -2.38. The lowest BCUT2D eigenvalue weighted by atomic mass is 9.98. The van der Waals surface area contributed by atoms with E-state index in [1.807, 2.05) is 0 Å². The van der Waals surface area contributed by atoms with Crippen LogP contribution in [0.2, 0.25) is 0 Å². The zero-order valence-electron chi connectivity index (χ0n) is 28.2. The number of halogens is 1. The predicted octanol–water partition coefficient (Wildman–Crippen LogP) is 4.36. The molecule has 10 nitrogen and oxygen atoms in total. The number of carbonyl (C=O) groups excluding carboxylic acids is 1. The van der Waals surface area contributed by atoms with Crippen molar-refractivity contribution in [2.24, 2.45) is 0 Å². The number of piperazine rings is 1. The number of nitrogens with two attached hydrogens (primary N) is 1. The number of aryl methyl sites for hydroxylation is 1. The number of nitrogen functional groups attached to an aromatic ring is 1. The molecule has 2 aliphatic carbocycles. The summed E-state index contributed by atoms with van der Waals surface area (Å²) in [6.07, 6.45) is 6.79. The van der Waals surface area contributed by atoms with E-state index in [0.29, 0.717) is 30.3 Å². The van der Waals surface area contributed by atoms with Crippen molar-refractivity contribution >= 4 is 11.7 Å². The fraction of sp³-hybridized carbons (Fsp3) is 0.410. The van der Waals surface area contributed by atoms with Crippen LogP contribution in [0.4, 0.5) is 10.2 Å². The lowest BCUT2D eigenvalue weighted by Crippen LogP contribution is -2.49. The molecule has 262 valence electrons. The molecule has 1 saturated heterocycles. The molecular weight excluding hydrogens is 635 g/mol. The molecular formula is C39H45FN6O4. The highest BCUT2D eigenvalue weighted by Gasteiger charge is 2.32. The van der Waals surface area contributed by atoms with Crippen molar-refractivity contribution < 1.29 is 24.1 Å². The van der Waals surface area contributed by atoms with Gasteiger partial charge in [-0.3, -0.25) is 14.6 Å². The van der Waals surface area contributed by atoms with Crippen LogP contribution in [-0.4, -0.2) is 93.5 Å². The number of carbonyl (C=O) groups is 1. The smallest absolute Gasteiger partial charge is 0.253 e. The summed E-state index contributed by atoms with van der Waals surface area (Å²) in [4.78, 5) is 25.9. The van der Waals surface area contributed by atoms with Crippen LogP contribution >= 0.6 is 0 Å². The number of hydrogen-bond acceptors (Lipinski definition) is 9. The van der Waals surface area contributed by atoms with Crippen LogP contribution in [0.15, 0.2) is 73.1 Å². The number of nitrogens with one attached hydrogen (secondary N) is 1. The topological polar surface area (TPSA) is 137 Å². The number of β-amino-alcohol motifs (C(OH)–C–C–N with tert-alkyl or cyclic N) is 1. The largest absolute Gasteiger partial charge is 0.394 e. The Morgan fingerprint density at radius 3 is 2.58 bits per heavy atom. The van der Waals surface area contributed by atoms with E-state index in [0.717, 1.165) is 63.8 Å². The van der Waals surface area contributed by atoms with Gasteiger partial charge in [0.15, 0.2) is 0 Å². The number of aromatic nitrogens is 2. The van der Waals surface area contributed by atoms with Gasteiger partial charge in [0, 0.05) is 62.3 Å². The summed E-state index contributed by atoms with van der Waals surface area (Å²) < 4.78 is 20.7. The van der Waals surface area contributed by atoms with Gasteiger partial charge in [-0.1, -0.05) is 42.5 Å². The molecule has 1 amide bonds. The molecule has 1 saturated carbocycles. The van der Waals surface area contributed by atoms with Crippen LogP contribution in [0, 0.1) is 5.95 Å². The first-order valence-electron chi connectivity index (χ1n) is 17.6. The van der Waals surface area contributed by atoms with E-state index in [4.69, 9.17) is 10.5 Å². The van der Waals surface area contributed by atoms with Gasteiger partial charge in [0.1, 0.15) is 5.82 Å². The third-order valence-corrected chi connectivity index (χ3v) is 10.5. The highest BCUT2D eigenvalue weighted by Crippen LogP contribution is 2.38. The van der Waals surface area contributed by atoms with Crippen LogP contribution in [0.3, 0.4) is 0 Å². The summed E-state index contributed by atoms with van der Waals surface area (Å²) in [6, 6.07) is 20.4. The fourth-order valence-electron chi connectivity index (χ4n) is 7.71. The summed E-state index contributed by atoms with van der Waals surface area (Å²) in [5, 5.41) is 22.1. The molecule has 7 rings (SSSR count). The Kier molecular flexibility index (Phi) is 10.5. The Morgan fingerprint density at radius 1 is 1.00 bits per heavy atom. The number of pyridine rings is 2. The second-order valence-electron chi connectivity index (χ2n) is 13.7. The maximum absolute atomic E-state index is 14.3. The van der Waals surface area contributed by atoms with Crippen LogP contribution in [-0.2, 0) is 17.8 Å². The minimum Gasteiger partial charge on any atom is -0.394 e. The molecule has 50 heavy (non-hydrogen) atoms. The molecule has 0 radical (unpaired) electrons. The number of benzene rings is 2. The second-order valence-corrected chi connectivity index (χ2v) is 13.7. The molecule has 2 aromatic carbocycles. The van der Waals surface area contributed by atoms with Crippen LogP contribution in [0.1, 0.15) is 58.8 Å². The molecule has 1 aliphatic heterocycles. The highest BCUT2D eigenvalue weighted by molar-refractivity contribution is 5.96. The van der Waals surface area contributed by atoms with Gasteiger partial charge in [-0.15, -0.1) is 0 Å². The molecule has 0 spiro atoms. The number of fused-ring (bicyclic) bond motifs is 1. The number of anilines is 1. The molecule has 2 fully saturated rings. The average molecular weight is 681 g/mol. The molecule has 11 heteroatoms. The average Bonchev–Trinajstić information content (AvgIpc) is 3.78. The molecule has 3 aliphatic rings. The van der Waals surface area contributed by atoms with Crippen molar-refractivity contribution in [1.82, 2.24) is 25.1 Å². The van der Waals surface area contributed by atoms with Crippen molar-refractivity contribution in [1.29, 1.82) is 0 Å². The van der Waals surface area contributed by atoms with Gasteiger partial charge >= 0.3 is 0 Å². The molecule has 4 aromatic rings. The summed E-state index contributed by atoms with van der Waals surface area (Å²) in [7, 11) is 0. The van der Waals surface area contributed by atoms with E-state index in [1.54, 1.807) is 18.2 Å². The zero-order valence-corrected chi connectivity index (χ0v) is 28.2. The monoisotopic (exact) mass is 680 g/mol. The second kappa shape index (κ2) is 15.3. The normalized spacial score (nSPS) is 21.6. The Hall–Kier alpha value is -4.26. The van der Waals surface area contributed by atoms with Gasteiger partial charge in [-0.05, 0) is 78.1 Å². The van der Waals surface area contributed by atoms with E-state index < -0.39 is 12.1 Å². The number of amides is 1. The number of hydrogen-bond donors (Lipinski definition) is 4. The fourth-order valence-corrected chi connectivity index (χ4v) is 7.71. The maximum atomic E-state index is 14.3. The van der Waals surface area contributed by atoms with Crippen LogP contribution in [0.25, 0.3) is 22.3 Å². The van der Waals surface area contributed by atoms with Crippen molar-refractivity contribution in [2.45, 2.75) is 63.0 Å². The lowest BCUT2D eigenvalue weighted by molar-refractivity contribution is 0.0272. The van der Waals surface area contributed by atoms with Gasteiger partial charge < -0.3 is 26.0 Å². The van der Waals surface area contributed by atoms with E-state index in [2.05, 4.69) is 67.5 Å². The summed E-state index contributed by atoms with van der Waals surface area (Å²) in [5.74, 6) is -0.839. The summed E-state index contributed by atoms with van der Waals surface area (Å²) in [5.41, 5.74) is 13.1. The van der Waals surface area contributed by atoms with Crippen molar-refractivity contribution in [3.8, 4) is 22.3 Å². The number of aliphatic hydroxyl groups excluding tert-OH is 2. The molecule has 3 heterocycles. The van der Waals surface area contributed by atoms with E-state index in [-0.39, 0.29) is 36.0 Å². The maximum Gasteiger partial charge on any atom is 0.253 e. The third kappa shape index (κ3) is 7.57. The first kappa shape index (κ1) is 34.2. The Bertz CT molecular complexity index is 1800. The number of ether oxygens (including phenoxy) is 1. The number of rotatable bonds is 11. The molecule has 0 unspecified atom stereocenters. The first-order chi connectivity index (χ1) is 24.4. The van der Waals surface area contributed by atoms with Gasteiger partial charge in [-0.25, -0.2) is 9.97 Å². The Morgan fingerprint density at radius 2 is 1.80 bits per heavy atom. The van der Waals surface area contributed by atoms with Gasteiger partial charge in [0.25, 0.3) is 5.91 Å². The van der Waals surface area contributed by atoms with Gasteiger partial charge in [0.05, 0.1) is 37.0 Å². The number of nitrogens with zero attached hydrogens (tertiary/aromatic N) is 4. The molecule has 5 N–H and O–H groups in total. The third-order valence-electron chi connectivity index (χ3n) is 10.5. The quantitative estimate of drug-likeness (QED) is 0.170. The van der Waals surface area contributed by atoms with E-state index in [9.17, 15) is 19.4 Å². The minimum absolute atomic E-state index is 0.115. The minimum atomic E-state index is -0.670. The molecule has 0 bridgehead atoms. The SMILES string of the molecule is Nc1ncc(C(=O)N[C@H]2CCC[C@@H]2OCc2ccc(-c3ccc4c(c3)CC[C@@H]4N3CCN(C[C@@H](O)CO)CC3)cc2)cc1-c1cccnc1F. The van der Waals surface area contributed by atoms with Gasteiger partial charge in [0.2, 0.25) is 5.95 Å². The van der Waals surface area contributed by atoms with Crippen LogP contribution < -0.4 is 11.1 Å². The van der Waals surface area contributed by atoms with Crippen molar-refractivity contribution in [3.05, 3.63) is 101 Å².